The number of aromatic nitrogens is 2. The molecular weight excluding hydrogens is 288 g/mol. The van der Waals surface area contributed by atoms with Crippen LogP contribution in [0.2, 0.25) is 0 Å². The van der Waals surface area contributed by atoms with Gasteiger partial charge in [-0.2, -0.15) is 0 Å². The summed E-state index contributed by atoms with van der Waals surface area (Å²) in [5.41, 5.74) is 1.96. The van der Waals surface area contributed by atoms with E-state index < -0.39 is 0 Å². The number of hydrogen-bond acceptors (Lipinski definition) is 2. The van der Waals surface area contributed by atoms with Crippen molar-refractivity contribution in [1.29, 1.82) is 0 Å². The molecule has 0 bridgehead atoms. The maximum absolute atomic E-state index is 13.1. The van der Waals surface area contributed by atoms with Gasteiger partial charge in [0.1, 0.15) is 17.3 Å². The predicted octanol–water partition coefficient (Wildman–Crippen LogP) is 2.47. The number of pyridine rings is 1. The summed E-state index contributed by atoms with van der Waals surface area (Å²) >= 11 is 0. The molecule has 6 heteroatoms. The molecule has 0 unspecified atom stereocenters. The Bertz CT molecular complexity index is 812. The van der Waals surface area contributed by atoms with E-state index in [1.807, 2.05) is 0 Å². The van der Waals surface area contributed by atoms with E-state index in [2.05, 4.69) is 10.3 Å². The third-order valence-corrected chi connectivity index (χ3v) is 3.21. The molecule has 0 saturated carbocycles. The highest BCUT2D eigenvalue weighted by atomic mass is 19.1. The summed E-state index contributed by atoms with van der Waals surface area (Å²) in [5, 5.41) is 2.74. The first-order valence-corrected chi connectivity index (χ1v) is 6.74. The van der Waals surface area contributed by atoms with Crippen molar-refractivity contribution in [3.05, 3.63) is 71.7 Å². The normalized spacial score (nSPS) is 10.8. The van der Waals surface area contributed by atoms with E-state index in [4.69, 9.17) is 0 Å². The van der Waals surface area contributed by atoms with Crippen molar-refractivity contribution in [3.8, 4) is 0 Å². The zero-order valence-corrected chi connectivity index (χ0v) is 11.6. The van der Waals surface area contributed by atoms with Crippen LogP contribution in [0.5, 0.6) is 0 Å². The molecule has 0 aliphatic carbocycles. The summed E-state index contributed by atoms with van der Waals surface area (Å²) in [4.78, 5) is 16.1. The molecule has 1 amide bonds. The van der Waals surface area contributed by atoms with Crippen molar-refractivity contribution >= 4 is 11.6 Å². The van der Waals surface area contributed by atoms with Gasteiger partial charge in [-0.15, -0.1) is 0 Å². The van der Waals surface area contributed by atoms with Crippen LogP contribution in [0.3, 0.4) is 0 Å². The molecule has 2 heterocycles. The lowest BCUT2D eigenvalue weighted by Crippen LogP contribution is -2.24. The van der Waals surface area contributed by atoms with Gasteiger partial charge in [0.15, 0.2) is 0 Å². The number of benzene rings is 1. The van der Waals surface area contributed by atoms with Crippen molar-refractivity contribution in [3.63, 3.8) is 0 Å². The minimum atomic E-state index is -0.364. The maximum atomic E-state index is 13.1. The van der Waals surface area contributed by atoms with Gasteiger partial charge in [-0.3, -0.25) is 4.79 Å². The molecule has 112 valence electrons. The Labute approximate surface area is 125 Å². The van der Waals surface area contributed by atoms with Crippen molar-refractivity contribution in [1.82, 2.24) is 14.7 Å². The van der Waals surface area contributed by atoms with Crippen LogP contribution in [0.4, 0.5) is 8.78 Å². The van der Waals surface area contributed by atoms with Crippen LogP contribution in [0, 0.1) is 11.6 Å². The molecule has 0 spiro atoms. The molecule has 22 heavy (non-hydrogen) atoms. The Balaban J connectivity index is 1.61. The molecule has 1 N–H and O–H groups in total. The quantitative estimate of drug-likeness (QED) is 0.804. The Kier molecular flexibility index (Phi) is 3.82. The van der Waals surface area contributed by atoms with Crippen molar-refractivity contribution in [2.24, 2.45) is 0 Å². The number of rotatable bonds is 4. The topological polar surface area (TPSA) is 46.4 Å². The molecule has 3 aromatic rings. The maximum Gasteiger partial charge on any atom is 0.226 e. The molecule has 0 fully saturated rings. The molecule has 0 atom stereocenters. The van der Waals surface area contributed by atoms with Gasteiger partial charge in [-0.25, -0.2) is 13.8 Å². The van der Waals surface area contributed by atoms with Crippen molar-refractivity contribution < 1.29 is 13.6 Å². The number of nitrogens with one attached hydrogen (secondary N) is 1. The monoisotopic (exact) mass is 301 g/mol. The molecule has 0 aliphatic rings. The number of imidazole rings is 1. The van der Waals surface area contributed by atoms with Crippen LogP contribution in [0.1, 0.15) is 11.3 Å². The van der Waals surface area contributed by atoms with Crippen molar-refractivity contribution in [2.75, 3.05) is 0 Å². The van der Waals surface area contributed by atoms with Gasteiger partial charge in [0, 0.05) is 18.9 Å². The highest BCUT2D eigenvalue weighted by Gasteiger charge is 2.08. The van der Waals surface area contributed by atoms with E-state index in [1.54, 1.807) is 24.4 Å². The number of carbonyl (C=O) groups is 1. The highest BCUT2D eigenvalue weighted by molar-refractivity contribution is 5.78. The third kappa shape index (κ3) is 3.28. The largest absolute Gasteiger partial charge is 0.352 e. The number of fused-ring (bicyclic) bond motifs is 1. The molecular formula is C16H13F2N3O. The van der Waals surface area contributed by atoms with Gasteiger partial charge in [0.2, 0.25) is 5.91 Å². The zero-order chi connectivity index (χ0) is 15.5. The average Bonchev–Trinajstić information content (AvgIpc) is 2.88. The fourth-order valence-corrected chi connectivity index (χ4v) is 2.13. The second-order valence-corrected chi connectivity index (χ2v) is 4.92. The fourth-order valence-electron chi connectivity index (χ4n) is 2.13. The highest BCUT2D eigenvalue weighted by Crippen LogP contribution is 2.08. The minimum Gasteiger partial charge on any atom is -0.352 e. The van der Waals surface area contributed by atoms with Gasteiger partial charge in [0.25, 0.3) is 0 Å². The smallest absolute Gasteiger partial charge is 0.226 e. The van der Waals surface area contributed by atoms with Crippen LogP contribution in [0.15, 0.2) is 48.8 Å². The summed E-state index contributed by atoms with van der Waals surface area (Å²) in [6.45, 7) is 0.321. The Morgan fingerprint density at radius 3 is 2.55 bits per heavy atom. The number of hydrogen-bond donors (Lipinski definition) is 1. The zero-order valence-electron chi connectivity index (χ0n) is 11.6. The lowest BCUT2D eigenvalue weighted by atomic mass is 10.2. The van der Waals surface area contributed by atoms with Crippen LogP contribution in [-0.4, -0.2) is 15.3 Å². The Morgan fingerprint density at radius 1 is 1.05 bits per heavy atom. The first kappa shape index (κ1) is 14.2. The van der Waals surface area contributed by atoms with Gasteiger partial charge >= 0.3 is 0 Å². The molecule has 3 rings (SSSR count). The van der Waals surface area contributed by atoms with Gasteiger partial charge in [-0.1, -0.05) is 12.1 Å². The lowest BCUT2D eigenvalue weighted by Gasteiger charge is -2.04. The Morgan fingerprint density at radius 2 is 1.77 bits per heavy atom. The average molecular weight is 301 g/mol. The first-order chi connectivity index (χ1) is 10.6. The number of amides is 1. The molecule has 2 aromatic heterocycles. The molecule has 0 radical (unpaired) electrons. The molecule has 0 saturated heterocycles. The van der Waals surface area contributed by atoms with Crippen LogP contribution < -0.4 is 5.32 Å². The van der Waals surface area contributed by atoms with E-state index in [-0.39, 0.29) is 24.0 Å². The van der Waals surface area contributed by atoms with Gasteiger partial charge in [0.05, 0.1) is 12.1 Å². The second kappa shape index (κ2) is 5.93. The molecule has 0 aliphatic heterocycles. The number of carbonyl (C=O) groups excluding carboxylic acids is 1. The van der Waals surface area contributed by atoms with E-state index in [1.165, 1.54) is 28.8 Å². The van der Waals surface area contributed by atoms with Gasteiger partial charge in [-0.05, 0) is 29.8 Å². The lowest BCUT2D eigenvalue weighted by molar-refractivity contribution is -0.120. The van der Waals surface area contributed by atoms with Gasteiger partial charge < -0.3 is 9.72 Å². The Hall–Kier alpha value is -2.76. The predicted molar refractivity (Wildman–Crippen MR) is 77.1 cm³/mol. The van der Waals surface area contributed by atoms with Crippen molar-refractivity contribution in [2.45, 2.75) is 13.0 Å². The van der Waals surface area contributed by atoms with Crippen LogP contribution >= 0.6 is 0 Å². The van der Waals surface area contributed by atoms with Crippen LogP contribution in [-0.2, 0) is 17.8 Å². The SMILES string of the molecule is O=C(Cc1cn2cc(F)ccc2n1)NCc1ccc(F)cc1. The number of halogens is 2. The van der Waals surface area contributed by atoms with E-state index in [0.29, 0.717) is 17.9 Å². The first-order valence-electron chi connectivity index (χ1n) is 6.74. The summed E-state index contributed by atoms with van der Waals surface area (Å²) in [6, 6.07) is 8.79. The third-order valence-electron chi connectivity index (χ3n) is 3.21. The summed E-state index contributed by atoms with van der Waals surface area (Å²) < 4.78 is 27.4. The molecule has 1 aromatic carbocycles. The minimum absolute atomic E-state index is 0.102. The number of nitrogens with zero attached hydrogens (tertiary/aromatic N) is 2. The summed E-state index contributed by atoms with van der Waals surface area (Å²) in [5.74, 6) is -0.877. The van der Waals surface area contributed by atoms with E-state index in [9.17, 15) is 13.6 Å². The molecule has 4 nitrogen and oxygen atoms in total. The van der Waals surface area contributed by atoms with Crippen LogP contribution in [0.25, 0.3) is 5.65 Å². The van der Waals surface area contributed by atoms with E-state index in [0.717, 1.165) is 5.56 Å². The fraction of sp³-hybridized carbons (Fsp3) is 0.125. The standard InChI is InChI=1S/C16H13F2N3O/c17-12-3-1-11(2-4-12)8-19-16(22)7-14-10-21-9-13(18)5-6-15(21)20-14/h1-6,9-10H,7-8H2,(H,19,22). The summed E-state index contributed by atoms with van der Waals surface area (Å²) in [6.07, 6.45) is 3.03. The second-order valence-electron chi connectivity index (χ2n) is 4.92. The van der Waals surface area contributed by atoms with E-state index >= 15 is 0 Å². The summed E-state index contributed by atoms with van der Waals surface area (Å²) in [7, 11) is 0.